The van der Waals surface area contributed by atoms with Gasteiger partial charge >= 0.3 is 0 Å². The number of rotatable bonds is 3. The minimum atomic E-state index is 0.942. The highest BCUT2D eigenvalue weighted by molar-refractivity contribution is 5.91. The molecule has 0 N–H and O–H groups in total. The Hall–Kier alpha value is -2.41. The van der Waals surface area contributed by atoms with E-state index in [0.29, 0.717) is 0 Å². The molecule has 3 rings (SSSR count). The molecule has 1 heterocycles. The summed E-state index contributed by atoms with van der Waals surface area (Å²) in [4.78, 5) is 4.55. The van der Waals surface area contributed by atoms with Crippen LogP contribution in [0.15, 0.2) is 72.9 Å². The molecule has 1 nitrogen and oxygen atoms in total. The quantitative estimate of drug-likeness (QED) is 0.653. The van der Waals surface area contributed by atoms with Gasteiger partial charge in [-0.05, 0) is 35.9 Å². The van der Waals surface area contributed by atoms with E-state index in [2.05, 4.69) is 72.6 Å². The third kappa shape index (κ3) is 2.62. The lowest BCUT2D eigenvalue weighted by atomic mass is 10.0. The van der Waals surface area contributed by atoms with Crippen LogP contribution in [0.3, 0.4) is 0 Å². The average Bonchev–Trinajstić information content (AvgIpc) is 2.53. The van der Waals surface area contributed by atoms with Gasteiger partial charge in [0.05, 0.1) is 5.69 Å². The molecule has 0 saturated heterocycles. The lowest BCUT2D eigenvalue weighted by Gasteiger charge is -2.06. The third-order valence-electron chi connectivity index (χ3n) is 3.53. The van der Waals surface area contributed by atoms with Crippen molar-refractivity contribution >= 4 is 16.3 Å². The van der Waals surface area contributed by atoms with Crippen molar-refractivity contribution < 1.29 is 0 Å². The fraction of sp³-hybridized carbons (Fsp3) is 0.105. The second kappa shape index (κ2) is 5.70. The van der Waals surface area contributed by atoms with E-state index in [1.54, 1.807) is 0 Å². The standard InChI is InChI=1S/C19H17N/c1-15(11-12-16-7-3-2-4-8-16)19-18-10-6-5-9-17(18)13-14-20-19/h2-11,13-14H,12H2,1H3. The summed E-state index contributed by atoms with van der Waals surface area (Å²) in [5.74, 6) is 0. The van der Waals surface area contributed by atoms with Gasteiger partial charge in [0.25, 0.3) is 0 Å². The average molecular weight is 259 g/mol. The molecule has 0 aliphatic carbocycles. The Labute approximate surface area is 119 Å². The molecule has 0 aliphatic rings. The number of aromatic nitrogens is 1. The van der Waals surface area contributed by atoms with Gasteiger partial charge in [-0.2, -0.15) is 0 Å². The monoisotopic (exact) mass is 259 g/mol. The minimum Gasteiger partial charge on any atom is -0.256 e. The van der Waals surface area contributed by atoms with Crippen molar-refractivity contribution in [1.29, 1.82) is 0 Å². The second-order valence-corrected chi connectivity index (χ2v) is 4.96. The van der Waals surface area contributed by atoms with Gasteiger partial charge in [-0.3, -0.25) is 4.98 Å². The van der Waals surface area contributed by atoms with Crippen LogP contribution >= 0.6 is 0 Å². The summed E-state index contributed by atoms with van der Waals surface area (Å²) in [6, 6.07) is 21.0. The first-order valence-electron chi connectivity index (χ1n) is 6.89. The number of pyridine rings is 1. The van der Waals surface area contributed by atoms with E-state index in [1.807, 2.05) is 12.3 Å². The van der Waals surface area contributed by atoms with E-state index < -0.39 is 0 Å². The molecule has 0 fully saturated rings. The molecule has 2 aromatic carbocycles. The third-order valence-corrected chi connectivity index (χ3v) is 3.53. The zero-order valence-electron chi connectivity index (χ0n) is 11.6. The van der Waals surface area contributed by atoms with Gasteiger partial charge in [0.2, 0.25) is 0 Å². The highest BCUT2D eigenvalue weighted by atomic mass is 14.7. The molecule has 1 aromatic heterocycles. The summed E-state index contributed by atoms with van der Waals surface area (Å²) >= 11 is 0. The predicted molar refractivity (Wildman–Crippen MR) is 85.5 cm³/mol. The van der Waals surface area contributed by atoms with Crippen LogP contribution in [-0.2, 0) is 6.42 Å². The van der Waals surface area contributed by atoms with Crippen LogP contribution in [0.2, 0.25) is 0 Å². The highest BCUT2D eigenvalue weighted by Gasteiger charge is 2.03. The molecule has 0 amide bonds. The van der Waals surface area contributed by atoms with E-state index in [0.717, 1.165) is 12.1 Å². The first kappa shape index (κ1) is 12.6. The van der Waals surface area contributed by atoms with Crippen molar-refractivity contribution in [3.8, 4) is 0 Å². The summed E-state index contributed by atoms with van der Waals surface area (Å²) < 4.78 is 0. The molecule has 20 heavy (non-hydrogen) atoms. The molecule has 0 aliphatic heterocycles. The molecule has 0 spiro atoms. The number of benzene rings is 2. The van der Waals surface area contributed by atoms with E-state index in [9.17, 15) is 0 Å². The van der Waals surface area contributed by atoms with Crippen LogP contribution in [0.4, 0.5) is 0 Å². The molecular weight excluding hydrogens is 242 g/mol. The first-order valence-corrected chi connectivity index (χ1v) is 6.89. The van der Waals surface area contributed by atoms with Crippen LogP contribution in [0.1, 0.15) is 18.2 Å². The molecule has 0 bridgehead atoms. The van der Waals surface area contributed by atoms with Crippen LogP contribution < -0.4 is 0 Å². The van der Waals surface area contributed by atoms with Gasteiger partial charge in [-0.15, -0.1) is 0 Å². The predicted octanol–water partition coefficient (Wildman–Crippen LogP) is 4.88. The molecule has 0 atom stereocenters. The SMILES string of the molecule is CC(=CCc1ccccc1)c1nccc2ccccc12. The van der Waals surface area contributed by atoms with Gasteiger partial charge in [-0.1, -0.05) is 60.7 Å². The maximum Gasteiger partial charge on any atom is 0.0734 e. The largest absolute Gasteiger partial charge is 0.256 e. The van der Waals surface area contributed by atoms with E-state index >= 15 is 0 Å². The Morgan fingerprint density at radius 3 is 2.55 bits per heavy atom. The lowest BCUT2D eigenvalue weighted by Crippen LogP contribution is -1.89. The normalized spacial score (nSPS) is 11.8. The lowest BCUT2D eigenvalue weighted by molar-refractivity contribution is 1.24. The Kier molecular flexibility index (Phi) is 3.60. The van der Waals surface area contributed by atoms with Crippen molar-refractivity contribution in [1.82, 2.24) is 4.98 Å². The Morgan fingerprint density at radius 2 is 1.70 bits per heavy atom. The fourth-order valence-corrected chi connectivity index (χ4v) is 2.42. The van der Waals surface area contributed by atoms with E-state index in [4.69, 9.17) is 0 Å². The van der Waals surface area contributed by atoms with Crippen molar-refractivity contribution in [2.75, 3.05) is 0 Å². The number of nitrogens with zero attached hydrogens (tertiary/aromatic N) is 1. The Morgan fingerprint density at radius 1 is 0.950 bits per heavy atom. The maximum atomic E-state index is 4.55. The van der Waals surface area contributed by atoms with Gasteiger partial charge in [0.15, 0.2) is 0 Å². The molecule has 0 unspecified atom stereocenters. The fourth-order valence-electron chi connectivity index (χ4n) is 2.42. The topological polar surface area (TPSA) is 12.9 Å². The van der Waals surface area contributed by atoms with Gasteiger partial charge in [0.1, 0.15) is 0 Å². The zero-order chi connectivity index (χ0) is 13.8. The van der Waals surface area contributed by atoms with E-state index in [1.165, 1.54) is 21.9 Å². The minimum absolute atomic E-state index is 0.942. The molecule has 3 aromatic rings. The summed E-state index contributed by atoms with van der Waals surface area (Å²) in [7, 11) is 0. The van der Waals surface area contributed by atoms with Crippen LogP contribution in [0.5, 0.6) is 0 Å². The van der Waals surface area contributed by atoms with Gasteiger partial charge in [0, 0.05) is 11.6 Å². The summed E-state index contributed by atoms with van der Waals surface area (Å²) in [6.45, 7) is 2.14. The molecule has 1 heteroatoms. The highest BCUT2D eigenvalue weighted by Crippen LogP contribution is 2.22. The molecular formula is C19H17N. The van der Waals surface area contributed by atoms with Crippen LogP contribution in [-0.4, -0.2) is 4.98 Å². The summed E-state index contributed by atoms with van der Waals surface area (Å²) in [5.41, 5.74) is 3.64. The molecule has 98 valence electrons. The van der Waals surface area contributed by atoms with Gasteiger partial charge < -0.3 is 0 Å². The summed E-state index contributed by atoms with van der Waals surface area (Å²) in [6.07, 6.45) is 5.08. The van der Waals surface area contributed by atoms with Crippen molar-refractivity contribution in [2.24, 2.45) is 0 Å². The smallest absolute Gasteiger partial charge is 0.0734 e. The number of hydrogen-bond donors (Lipinski definition) is 0. The summed E-state index contributed by atoms with van der Waals surface area (Å²) in [5, 5.41) is 2.46. The van der Waals surface area contributed by atoms with Crippen LogP contribution in [0, 0.1) is 0 Å². The van der Waals surface area contributed by atoms with Crippen molar-refractivity contribution in [2.45, 2.75) is 13.3 Å². The zero-order valence-corrected chi connectivity index (χ0v) is 11.6. The first-order chi connectivity index (χ1) is 9.84. The molecule has 0 saturated carbocycles. The van der Waals surface area contributed by atoms with E-state index in [-0.39, 0.29) is 0 Å². The van der Waals surface area contributed by atoms with Crippen molar-refractivity contribution in [3.05, 3.63) is 84.2 Å². The van der Waals surface area contributed by atoms with Crippen molar-refractivity contribution in [3.63, 3.8) is 0 Å². The Balaban J connectivity index is 1.94. The number of fused-ring (bicyclic) bond motifs is 1. The van der Waals surface area contributed by atoms with Gasteiger partial charge in [-0.25, -0.2) is 0 Å². The molecule has 0 radical (unpaired) electrons. The Bertz CT molecular complexity index is 737. The van der Waals surface area contributed by atoms with Crippen LogP contribution in [0.25, 0.3) is 16.3 Å². The number of hydrogen-bond acceptors (Lipinski definition) is 1. The number of allylic oxidation sites excluding steroid dienone is 2. The second-order valence-electron chi connectivity index (χ2n) is 4.96. The maximum absolute atomic E-state index is 4.55.